The number of Topliss-reactive ketones (excluding diaryl/α,β-unsaturated/α-hetero) is 1. The van der Waals surface area contributed by atoms with Gasteiger partial charge in [0, 0.05) is 78.8 Å². The molecule has 47 heavy (non-hydrogen) atoms. The largest absolute Gasteiger partial charge is 0.369 e. The van der Waals surface area contributed by atoms with Gasteiger partial charge >= 0.3 is 0 Å². The molecule has 0 bridgehead atoms. The van der Waals surface area contributed by atoms with E-state index >= 15 is 0 Å². The number of aromatic nitrogens is 2. The van der Waals surface area contributed by atoms with E-state index in [0.717, 1.165) is 78.9 Å². The number of carbonyl (C=O) groups excluding carboxylic acids is 1. The number of likely N-dealkylation sites (tertiary alicyclic amines) is 1. The maximum atomic E-state index is 14.0. The van der Waals surface area contributed by atoms with Crippen LogP contribution in [0.25, 0.3) is 33.3 Å². The molecule has 5 aromatic rings. The summed E-state index contributed by atoms with van der Waals surface area (Å²) in [5, 5.41) is 0.732. The zero-order valence-corrected chi connectivity index (χ0v) is 28.3. The molecular weight excluding hydrogens is 607 g/mol. The molecule has 3 aromatic carbocycles. The minimum Gasteiger partial charge on any atom is -0.369 e. The molecular formula is C38H41N5O3S. The Labute approximate surface area is 277 Å². The van der Waals surface area contributed by atoms with Crippen molar-refractivity contribution in [2.45, 2.75) is 25.2 Å². The number of benzene rings is 3. The molecule has 2 aliphatic heterocycles. The normalized spacial score (nSPS) is 17.9. The Morgan fingerprint density at radius 3 is 2.15 bits per heavy atom. The van der Waals surface area contributed by atoms with Crippen LogP contribution in [0, 0.1) is 19.8 Å². The Morgan fingerprint density at radius 1 is 0.787 bits per heavy atom. The molecule has 8 nitrogen and oxygen atoms in total. The minimum atomic E-state index is -3.93. The van der Waals surface area contributed by atoms with Gasteiger partial charge in [0.2, 0.25) is 0 Å². The molecule has 2 saturated heterocycles. The number of nitrogens with zero attached hydrogens (tertiary/aromatic N) is 5. The quantitative estimate of drug-likeness (QED) is 0.197. The van der Waals surface area contributed by atoms with E-state index in [-0.39, 0.29) is 16.6 Å². The molecule has 1 unspecified atom stereocenters. The number of rotatable bonds is 7. The number of pyridine rings is 1. The van der Waals surface area contributed by atoms with Crippen LogP contribution in [0.4, 0.5) is 5.69 Å². The molecule has 242 valence electrons. The van der Waals surface area contributed by atoms with Crippen LogP contribution in [0.5, 0.6) is 0 Å². The number of hydrogen-bond donors (Lipinski definition) is 0. The molecule has 4 heterocycles. The summed E-state index contributed by atoms with van der Waals surface area (Å²) in [5.74, 6) is 0.162. The van der Waals surface area contributed by atoms with Crippen LogP contribution in [0.15, 0.2) is 90.1 Å². The summed E-state index contributed by atoms with van der Waals surface area (Å²) in [5.41, 5.74) is 7.98. The molecule has 2 fully saturated rings. The first kappa shape index (κ1) is 31.3. The second-order valence-corrected chi connectivity index (χ2v) is 15.0. The first-order valence-electron chi connectivity index (χ1n) is 16.3. The number of fused-ring (bicyclic) bond motifs is 1. The number of carbonyl (C=O) groups is 1. The summed E-state index contributed by atoms with van der Waals surface area (Å²) in [7, 11) is 0.277. The summed E-state index contributed by atoms with van der Waals surface area (Å²) in [6.07, 6.45) is 4.30. The third-order valence-electron chi connectivity index (χ3n) is 9.81. The SMILES string of the molecule is Cc1ccc(S(=O)(=O)n2cc(-c3ccc(C(=O)C4CCN(C)C4)cc3)c3cc(-c4ccc(N5CCN(C)CC5)c(C)c4)cnc32)cc1. The van der Waals surface area contributed by atoms with E-state index in [0.29, 0.717) is 11.2 Å². The average Bonchev–Trinajstić information content (AvgIpc) is 3.69. The van der Waals surface area contributed by atoms with E-state index in [4.69, 9.17) is 4.98 Å². The molecule has 0 spiro atoms. The van der Waals surface area contributed by atoms with Gasteiger partial charge in [-0.2, -0.15) is 0 Å². The Kier molecular flexibility index (Phi) is 8.24. The lowest BCUT2D eigenvalue weighted by Crippen LogP contribution is -2.44. The maximum absolute atomic E-state index is 14.0. The monoisotopic (exact) mass is 647 g/mol. The van der Waals surface area contributed by atoms with E-state index in [1.807, 2.05) is 44.3 Å². The molecule has 0 amide bonds. The summed E-state index contributed by atoms with van der Waals surface area (Å²) in [4.78, 5) is 25.2. The molecule has 2 aromatic heterocycles. The lowest BCUT2D eigenvalue weighted by molar-refractivity contribution is 0.0924. The molecule has 0 saturated carbocycles. The number of hydrogen-bond acceptors (Lipinski definition) is 7. The van der Waals surface area contributed by atoms with Crippen molar-refractivity contribution in [3.63, 3.8) is 0 Å². The molecule has 0 aliphatic carbocycles. The fourth-order valence-electron chi connectivity index (χ4n) is 6.91. The average molecular weight is 648 g/mol. The van der Waals surface area contributed by atoms with Crippen LogP contribution in [-0.4, -0.2) is 86.3 Å². The molecule has 0 radical (unpaired) electrons. The first-order valence-corrected chi connectivity index (χ1v) is 17.7. The fourth-order valence-corrected chi connectivity index (χ4v) is 8.23. The summed E-state index contributed by atoms with van der Waals surface area (Å²) < 4.78 is 29.3. The highest BCUT2D eigenvalue weighted by Gasteiger charge is 2.28. The first-order chi connectivity index (χ1) is 22.6. The van der Waals surface area contributed by atoms with Crippen molar-refractivity contribution in [2.24, 2.45) is 5.92 Å². The highest BCUT2D eigenvalue weighted by Crippen LogP contribution is 2.36. The predicted molar refractivity (Wildman–Crippen MR) is 189 cm³/mol. The third kappa shape index (κ3) is 5.99. The van der Waals surface area contributed by atoms with Gasteiger partial charge in [0.05, 0.1) is 4.90 Å². The van der Waals surface area contributed by atoms with Crippen molar-refractivity contribution < 1.29 is 13.2 Å². The van der Waals surface area contributed by atoms with Crippen molar-refractivity contribution in [1.29, 1.82) is 0 Å². The number of anilines is 1. The highest BCUT2D eigenvalue weighted by atomic mass is 32.2. The van der Waals surface area contributed by atoms with Gasteiger partial charge in [0.1, 0.15) is 0 Å². The standard InChI is InChI=1S/C38H41N5O3S/c1-26-5-12-33(13-6-26)47(45,46)43-25-35(28-7-9-29(10-8-28)37(44)31-15-16-41(4)24-31)34-22-32(23-39-38(34)43)30-11-14-36(27(2)21-30)42-19-17-40(3)18-20-42/h5-14,21-23,25,31H,15-20,24H2,1-4H3. The smallest absolute Gasteiger partial charge is 0.269 e. The van der Waals surface area contributed by atoms with Crippen LogP contribution in [0.3, 0.4) is 0 Å². The van der Waals surface area contributed by atoms with Crippen molar-refractivity contribution in [2.75, 3.05) is 58.3 Å². The highest BCUT2D eigenvalue weighted by molar-refractivity contribution is 7.90. The topological polar surface area (TPSA) is 78.8 Å². The van der Waals surface area contributed by atoms with Gasteiger partial charge in [0.15, 0.2) is 11.4 Å². The van der Waals surface area contributed by atoms with Crippen molar-refractivity contribution in [3.05, 3.63) is 102 Å². The molecule has 9 heteroatoms. The van der Waals surface area contributed by atoms with Crippen LogP contribution in [0.1, 0.15) is 27.9 Å². The van der Waals surface area contributed by atoms with Gasteiger partial charge in [-0.3, -0.25) is 4.79 Å². The Hall–Kier alpha value is -4.31. The second kappa shape index (κ2) is 12.4. The summed E-state index contributed by atoms with van der Waals surface area (Å²) in [6.45, 7) is 9.86. The maximum Gasteiger partial charge on any atom is 0.269 e. The molecule has 2 aliphatic rings. The van der Waals surface area contributed by atoms with Crippen LogP contribution in [0.2, 0.25) is 0 Å². The summed E-state index contributed by atoms with van der Waals surface area (Å²) >= 11 is 0. The van der Waals surface area contributed by atoms with Crippen LogP contribution < -0.4 is 4.90 Å². The third-order valence-corrected chi connectivity index (χ3v) is 11.5. The van der Waals surface area contributed by atoms with Crippen LogP contribution >= 0.6 is 0 Å². The summed E-state index contributed by atoms with van der Waals surface area (Å²) in [6, 6.07) is 23.0. The second-order valence-electron chi connectivity index (χ2n) is 13.2. The fraction of sp³-hybridized carbons (Fsp3) is 0.316. The number of likely N-dealkylation sites (N-methyl/N-ethyl adjacent to an activating group) is 1. The van der Waals surface area contributed by atoms with Crippen molar-refractivity contribution in [3.8, 4) is 22.3 Å². The zero-order chi connectivity index (χ0) is 32.9. The van der Waals surface area contributed by atoms with Gasteiger partial charge in [-0.05, 0) is 87.9 Å². The van der Waals surface area contributed by atoms with Gasteiger partial charge in [-0.25, -0.2) is 17.4 Å². The van der Waals surface area contributed by atoms with E-state index in [2.05, 4.69) is 46.9 Å². The number of aryl methyl sites for hydroxylation is 2. The Bertz CT molecular complexity index is 2060. The van der Waals surface area contributed by atoms with Crippen molar-refractivity contribution >= 4 is 32.5 Å². The van der Waals surface area contributed by atoms with E-state index in [9.17, 15) is 13.2 Å². The molecule has 0 N–H and O–H groups in total. The van der Waals surface area contributed by atoms with Gasteiger partial charge in [-0.15, -0.1) is 0 Å². The molecule has 7 rings (SSSR count). The Morgan fingerprint density at radius 2 is 1.49 bits per heavy atom. The van der Waals surface area contributed by atoms with Gasteiger partial charge < -0.3 is 14.7 Å². The minimum absolute atomic E-state index is 0.00488. The zero-order valence-electron chi connectivity index (χ0n) is 27.5. The lowest BCUT2D eigenvalue weighted by Gasteiger charge is -2.35. The predicted octanol–water partition coefficient (Wildman–Crippen LogP) is 6.11. The van der Waals surface area contributed by atoms with E-state index in [1.54, 1.807) is 36.7 Å². The van der Waals surface area contributed by atoms with E-state index < -0.39 is 10.0 Å². The number of piperazine rings is 1. The van der Waals surface area contributed by atoms with Gasteiger partial charge in [0.25, 0.3) is 10.0 Å². The molecule has 1 atom stereocenters. The van der Waals surface area contributed by atoms with Crippen molar-refractivity contribution in [1.82, 2.24) is 18.8 Å². The van der Waals surface area contributed by atoms with Gasteiger partial charge in [-0.1, -0.05) is 48.0 Å². The van der Waals surface area contributed by atoms with Crippen LogP contribution in [-0.2, 0) is 10.0 Å². The number of ketones is 1. The van der Waals surface area contributed by atoms with E-state index in [1.165, 1.54) is 15.2 Å². The lowest BCUT2D eigenvalue weighted by atomic mass is 9.95. The Balaban J connectivity index is 1.30.